The third-order valence-electron chi connectivity index (χ3n) is 7.42. The van der Waals surface area contributed by atoms with Gasteiger partial charge in [-0.1, -0.05) is 6.42 Å². The van der Waals surface area contributed by atoms with Crippen LogP contribution in [0.25, 0.3) is 0 Å². The zero-order chi connectivity index (χ0) is 22.0. The van der Waals surface area contributed by atoms with Gasteiger partial charge in [-0.05, 0) is 66.6 Å². The van der Waals surface area contributed by atoms with Gasteiger partial charge in [-0.3, -0.25) is 4.99 Å². The Kier molecular flexibility index (Phi) is 5.89. The van der Waals surface area contributed by atoms with E-state index in [1.54, 1.807) is 0 Å². The summed E-state index contributed by atoms with van der Waals surface area (Å²) < 4.78 is 13.2. The first-order valence-electron chi connectivity index (χ1n) is 11.8. The van der Waals surface area contributed by atoms with Crippen molar-refractivity contribution in [1.82, 2.24) is 15.2 Å². The second-order valence-corrected chi connectivity index (χ2v) is 9.40. The molecule has 3 aliphatic rings. The van der Waals surface area contributed by atoms with E-state index < -0.39 is 0 Å². The maximum Gasteiger partial charge on any atom is 0.193 e. The topological polar surface area (TPSA) is 47.0 Å². The quantitative estimate of drug-likeness (QED) is 0.587. The Balaban J connectivity index is 1.16. The molecule has 2 aliphatic heterocycles. The normalized spacial score (nSPS) is 20.6. The van der Waals surface area contributed by atoms with Crippen molar-refractivity contribution in [3.8, 4) is 0 Å². The minimum Gasteiger partial charge on any atom is -0.368 e. The molecular formula is C25H33FN6. The first-order valence-corrected chi connectivity index (χ1v) is 11.8. The van der Waals surface area contributed by atoms with Crippen molar-refractivity contribution in [3.63, 3.8) is 0 Å². The summed E-state index contributed by atoms with van der Waals surface area (Å²) in [4.78, 5) is 16.2. The van der Waals surface area contributed by atoms with E-state index in [2.05, 4.69) is 42.1 Å². The molecule has 0 amide bonds. The number of guanidine groups is 1. The second-order valence-electron chi connectivity index (χ2n) is 9.40. The number of likely N-dealkylation sites (tertiary alicyclic amines) is 1. The standard InChI is InChI=1S/C25H33FN6/c1-27-24(32-12-10-25(19-32)8-2-9-25)29-18-20-7-11-28-23(17-20)31-15-13-30(14-16-31)22-5-3-21(26)4-6-22/h3-7,11,17H,2,8-10,12-16,18-19H2,1H3,(H,27,29). The van der Waals surface area contributed by atoms with E-state index in [1.165, 1.54) is 43.4 Å². The van der Waals surface area contributed by atoms with Gasteiger partial charge in [0.1, 0.15) is 11.6 Å². The van der Waals surface area contributed by atoms with Crippen LogP contribution in [0.1, 0.15) is 31.2 Å². The van der Waals surface area contributed by atoms with E-state index in [0.29, 0.717) is 5.41 Å². The van der Waals surface area contributed by atoms with Crippen LogP contribution in [0.15, 0.2) is 47.6 Å². The van der Waals surface area contributed by atoms with Gasteiger partial charge < -0.3 is 20.0 Å². The lowest BCUT2D eigenvalue weighted by molar-refractivity contribution is 0.151. The summed E-state index contributed by atoms with van der Waals surface area (Å²) in [6.45, 7) is 6.61. The summed E-state index contributed by atoms with van der Waals surface area (Å²) in [5.41, 5.74) is 2.86. The molecule has 2 saturated heterocycles. The lowest BCUT2D eigenvalue weighted by Crippen LogP contribution is -2.46. The molecule has 1 saturated carbocycles. The van der Waals surface area contributed by atoms with Gasteiger partial charge in [0, 0.05) is 64.7 Å². The number of rotatable bonds is 4. The summed E-state index contributed by atoms with van der Waals surface area (Å²) in [6.07, 6.45) is 7.35. The largest absolute Gasteiger partial charge is 0.368 e. The molecule has 0 radical (unpaired) electrons. The van der Waals surface area contributed by atoms with E-state index in [-0.39, 0.29) is 5.82 Å². The van der Waals surface area contributed by atoms with Crippen LogP contribution < -0.4 is 15.1 Å². The first kappa shape index (κ1) is 21.0. The highest BCUT2D eigenvalue weighted by atomic mass is 19.1. The van der Waals surface area contributed by atoms with E-state index in [0.717, 1.165) is 63.3 Å². The summed E-state index contributed by atoms with van der Waals surface area (Å²) >= 11 is 0. The van der Waals surface area contributed by atoms with Gasteiger partial charge in [0.25, 0.3) is 0 Å². The van der Waals surface area contributed by atoms with Gasteiger partial charge >= 0.3 is 0 Å². The average molecular weight is 437 g/mol. The molecule has 3 fully saturated rings. The van der Waals surface area contributed by atoms with Crippen LogP contribution in [0.3, 0.4) is 0 Å². The zero-order valence-electron chi connectivity index (χ0n) is 18.9. The van der Waals surface area contributed by atoms with E-state index in [4.69, 9.17) is 0 Å². The monoisotopic (exact) mass is 436 g/mol. The molecule has 0 unspecified atom stereocenters. The maximum atomic E-state index is 13.2. The number of aliphatic imine (C=N–C) groups is 1. The number of hydrogen-bond donors (Lipinski definition) is 1. The molecule has 6 nitrogen and oxygen atoms in total. The molecule has 0 atom stereocenters. The molecule has 7 heteroatoms. The van der Waals surface area contributed by atoms with Gasteiger partial charge in [0.2, 0.25) is 0 Å². The lowest BCUT2D eigenvalue weighted by Gasteiger charge is -2.38. The number of anilines is 2. The Labute approximate surface area is 190 Å². The van der Waals surface area contributed by atoms with Crippen LogP contribution >= 0.6 is 0 Å². The molecular weight excluding hydrogens is 403 g/mol. The fourth-order valence-electron chi connectivity index (χ4n) is 5.30. The van der Waals surface area contributed by atoms with Gasteiger partial charge in [0.15, 0.2) is 5.96 Å². The average Bonchev–Trinajstić information content (AvgIpc) is 3.27. The first-order chi connectivity index (χ1) is 15.6. The van der Waals surface area contributed by atoms with E-state index >= 15 is 0 Å². The predicted octanol–water partition coefficient (Wildman–Crippen LogP) is 3.50. The van der Waals surface area contributed by atoms with Crippen LogP contribution in [0.5, 0.6) is 0 Å². The van der Waals surface area contributed by atoms with Crippen molar-refractivity contribution in [1.29, 1.82) is 0 Å². The fraction of sp³-hybridized carbons (Fsp3) is 0.520. The van der Waals surface area contributed by atoms with Crippen molar-refractivity contribution >= 4 is 17.5 Å². The van der Waals surface area contributed by atoms with E-state index in [1.807, 2.05) is 25.4 Å². The molecule has 5 rings (SSSR count). The minimum absolute atomic E-state index is 0.189. The van der Waals surface area contributed by atoms with Crippen LogP contribution in [-0.2, 0) is 6.54 Å². The number of halogens is 1. The van der Waals surface area contributed by atoms with Crippen molar-refractivity contribution in [2.24, 2.45) is 10.4 Å². The second kappa shape index (κ2) is 8.96. The predicted molar refractivity (Wildman–Crippen MR) is 128 cm³/mol. The maximum absolute atomic E-state index is 13.2. The lowest BCUT2D eigenvalue weighted by atomic mass is 9.68. The molecule has 1 aromatic carbocycles. The number of pyridine rings is 1. The fourth-order valence-corrected chi connectivity index (χ4v) is 5.30. The summed E-state index contributed by atoms with van der Waals surface area (Å²) in [5, 5.41) is 3.57. The molecule has 2 aromatic rings. The minimum atomic E-state index is -0.189. The summed E-state index contributed by atoms with van der Waals surface area (Å²) in [7, 11) is 1.88. The van der Waals surface area contributed by atoms with Gasteiger partial charge in [-0.25, -0.2) is 9.37 Å². The molecule has 1 spiro atoms. The molecule has 0 bridgehead atoms. The molecule has 1 aromatic heterocycles. The zero-order valence-corrected chi connectivity index (χ0v) is 18.9. The number of nitrogens with one attached hydrogen (secondary N) is 1. The highest BCUT2D eigenvalue weighted by Gasteiger charge is 2.43. The molecule has 170 valence electrons. The highest BCUT2D eigenvalue weighted by Crippen LogP contribution is 2.47. The van der Waals surface area contributed by atoms with Crippen molar-refractivity contribution in [2.45, 2.75) is 32.2 Å². The Bertz CT molecular complexity index is 947. The van der Waals surface area contributed by atoms with Crippen LogP contribution in [0, 0.1) is 11.2 Å². The summed E-state index contributed by atoms with van der Waals surface area (Å²) in [5.74, 6) is 1.85. The van der Waals surface area contributed by atoms with Crippen molar-refractivity contribution < 1.29 is 4.39 Å². The Morgan fingerprint density at radius 1 is 1.03 bits per heavy atom. The molecule has 1 N–H and O–H groups in total. The van der Waals surface area contributed by atoms with Gasteiger partial charge in [-0.15, -0.1) is 0 Å². The molecule has 1 aliphatic carbocycles. The molecule has 32 heavy (non-hydrogen) atoms. The van der Waals surface area contributed by atoms with Crippen LogP contribution in [0.2, 0.25) is 0 Å². The number of piperazine rings is 1. The van der Waals surface area contributed by atoms with Crippen molar-refractivity contribution in [3.05, 3.63) is 54.0 Å². The number of hydrogen-bond acceptors (Lipinski definition) is 4. The SMILES string of the molecule is CN=C(NCc1ccnc(N2CCN(c3ccc(F)cc3)CC2)c1)N1CCC2(CCC2)C1. The highest BCUT2D eigenvalue weighted by molar-refractivity contribution is 5.80. The van der Waals surface area contributed by atoms with Crippen LogP contribution in [-0.4, -0.2) is 62.2 Å². The third-order valence-corrected chi connectivity index (χ3v) is 7.42. The smallest absolute Gasteiger partial charge is 0.193 e. The van der Waals surface area contributed by atoms with Gasteiger partial charge in [-0.2, -0.15) is 0 Å². The number of nitrogens with zero attached hydrogens (tertiary/aromatic N) is 5. The summed E-state index contributed by atoms with van der Waals surface area (Å²) in [6, 6.07) is 11.0. The van der Waals surface area contributed by atoms with Crippen LogP contribution in [0.4, 0.5) is 15.9 Å². The number of aromatic nitrogens is 1. The molecule has 3 heterocycles. The van der Waals surface area contributed by atoms with Gasteiger partial charge in [0.05, 0.1) is 0 Å². The third kappa shape index (κ3) is 4.38. The number of benzene rings is 1. The Morgan fingerprint density at radius 2 is 1.78 bits per heavy atom. The van der Waals surface area contributed by atoms with E-state index in [9.17, 15) is 4.39 Å². The Morgan fingerprint density at radius 3 is 2.44 bits per heavy atom. The van der Waals surface area contributed by atoms with Crippen molar-refractivity contribution in [2.75, 3.05) is 56.1 Å². The Hall–Kier alpha value is -2.83.